The Morgan fingerprint density at radius 2 is 1.92 bits per heavy atom. The monoisotopic (exact) mass is 524 g/mol. The molecule has 0 amide bonds. The van der Waals surface area contributed by atoms with Gasteiger partial charge in [0.15, 0.2) is 0 Å². The van der Waals surface area contributed by atoms with E-state index in [4.69, 9.17) is 9.72 Å². The van der Waals surface area contributed by atoms with Crippen LogP contribution in [0.15, 0.2) is 36.4 Å². The Morgan fingerprint density at radius 3 is 2.69 bits per heavy atom. The van der Waals surface area contributed by atoms with E-state index in [2.05, 4.69) is 39.2 Å². The molecule has 8 heteroatoms. The normalized spacial score (nSPS) is 24.7. The number of likely N-dealkylation sites (tertiary alicyclic amines) is 1. The van der Waals surface area contributed by atoms with Crippen molar-refractivity contribution in [3.63, 3.8) is 0 Å². The summed E-state index contributed by atoms with van der Waals surface area (Å²) in [7, 11) is 2.15. The lowest BCUT2D eigenvalue weighted by atomic mass is 9.94. The zero-order valence-electron chi connectivity index (χ0n) is 22.6. The number of hydrogen-bond donors (Lipinski definition) is 2. The Bertz CT molecular complexity index is 1440. The smallest absolute Gasteiger partial charge is 0.234 e. The third-order valence-electron chi connectivity index (χ3n) is 9.32. The predicted octanol–water partition coefficient (Wildman–Crippen LogP) is 3.79. The molecule has 2 N–H and O–H groups in total. The summed E-state index contributed by atoms with van der Waals surface area (Å²) in [6.45, 7) is 4.95. The number of phenolic OH excluding ortho intramolecular Hbond substituents is 1. The molecule has 3 saturated heterocycles. The second-order valence-corrected chi connectivity index (χ2v) is 11.6. The van der Waals surface area contributed by atoms with E-state index in [1.54, 1.807) is 0 Å². The maximum absolute atomic E-state index is 10.5. The number of hydrogen-bond acceptors (Lipinski definition) is 8. The number of rotatable bonds is 5. The van der Waals surface area contributed by atoms with Crippen LogP contribution >= 0.6 is 0 Å². The predicted molar refractivity (Wildman–Crippen MR) is 153 cm³/mol. The number of phenols is 1. The first-order valence-electron chi connectivity index (χ1n) is 14.4. The Hall–Kier alpha value is -3.54. The van der Waals surface area contributed by atoms with Crippen LogP contribution in [0.4, 0.5) is 11.5 Å². The van der Waals surface area contributed by atoms with Crippen molar-refractivity contribution in [1.29, 1.82) is 5.26 Å². The lowest BCUT2D eigenvalue weighted by molar-refractivity contribution is 0.192. The molecule has 2 aromatic carbocycles. The molecule has 2 bridgehead atoms. The molecule has 4 aliphatic heterocycles. The van der Waals surface area contributed by atoms with Crippen LogP contribution in [0.25, 0.3) is 10.8 Å². The number of likely N-dealkylation sites (N-methyl/N-ethyl adjacent to an activating group) is 1. The highest BCUT2D eigenvalue weighted by atomic mass is 16.5. The minimum Gasteiger partial charge on any atom is -0.508 e. The number of pyridine rings is 1. The topological polar surface area (TPSA) is 87.9 Å². The average Bonchev–Trinajstić information content (AvgIpc) is 3.47. The fraction of sp³-hybridized carbons (Fsp3) is 0.484. The minimum atomic E-state index is 0.257. The molecule has 0 radical (unpaired) electrons. The van der Waals surface area contributed by atoms with E-state index in [1.807, 2.05) is 30.3 Å². The third kappa shape index (κ3) is 4.25. The van der Waals surface area contributed by atoms with Crippen LogP contribution in [-0.4, -0.2) is 72.9 Å². The van der Waals surface area contributed by atoms with Crippen molar-refractivity contribution in [3.05, 3.63) is 53.1 Å². The van der Waals surface area contributed by atoms with Crippen LogP contribution in [0, 0.1) is 11.3 Å². The van der Waals surface area contributed by atoms with Crippen molar-refractivity contribution in [1.82, 2.24) is 15.2 Å². The molecule has 8 nitrogen and oxygen atoms in total. The van der Waals surface area contributed by atoms with Gasteiger partial charge in [0.25, 0.3) is 0 Å². The van der Waals surface area contributed by atoms with Crippen LogP contribution in [0.1, 0.15) is 42.4 Å². The first-order valence-corrected chi connectivity index (χ1v) is 14.4. The van der Waals surface area contributed by atoms with Crippen LogP contribution in [-0.2, 0) is 13.0 Å². The zero-order chi connectivity index (χ0) is 26.5. The summed E-state index contributed by atoms with van der Waals surface area (Å²) in [5.74, 6) is 1.76. The second kappa shape index (κ2) is 9.89. The summed E-state index contributed by atoms with van der Waals surface area (Å²) >= 11 is 0. The first kappa shape index (κ1) is 24.5. The van der Waals surface area contributed by atoms with Crippen molar-refractivity contribution in [2.24, 2.45) is 0 Å². The molecule has 0 spiro atoms. The van der Waals surface area contributed by atoms with Crippen LogP contribution in [0.2, 0.25) is 0 Å². The zero-order valence-corrected chi connectivity index (χ0v) is 22.6. The largest absolute Gasteiger partial charge is 0.508 e. The van der Waals surface area contributed by atoms with Gasteiger partial charge in [-0.25, -0.2) is 0 Å². The summed E-state index contributed by atoms with van der Waals surface area (Å²) in [5.41, 5.74) is 3.77. The number of fused-ring (bicyclic) bond motifs is 4. The molecule has 202 valence electrons. The molecule has 39 heavy (non-hydrogen) atoms. The van der Waals surface area contributed by atoms with Gasteiger partial charge in [0.05, 0.1) is 0 Å². The molecule has 4 aliphatic rings. The van der Waals surface area contributed by atoms with E-state index in [0.29, 0.717) is 42.7 Å². The first-order chi connectivity index (χ1) is 19.1. The number of piperazine rings is 1. The molecule has 0 aliphatic carbocycles. The molecule has 5 heterocycles. The van der Waals surface area contributed by atoms with Gasteiger partial charge in [-0.05, 0) is 57.1 Å². The summed E-state index contributed by atoms with van der Waals surface area (Å²) in [4.78, 5) is 12.3. The molecule has 1 aromatic heterocycles. The SMILES string of the molecule is CN1CCC[C@H]1COc1nc(N2C3CCC2CNC3)c2c(c1C#N)CN(c1cc(O)cc3ccccc13)CC2. The fourth-order valence-corrected chi connectivity index (χ4v) is 7.25. The summed E-state index contributed by atoms with van der Waals surface area (Å²) in [6, 6.07) is 15.5. The lowest BCUT2D eigenvalue weighted by Crippen LogP contribution is -2.53. The fourth-order valence-electron chi connectivity index (χ4n) is 7.25. The molecule has 3 aromatic rings. The van der Waals surface area contributed by atoms with Crippen molar-refractivity contribution in [2.45, 2.75) is 56.8 Å². The number of nitriles is 1. The molecule has 7 rings (SSSR count). The Kier molecular flexibility index (Phi) is 6.21. The highest BCUT2D eigenvalue weighted by Gasteiger charge is 2.40. The molecule has 3 fully saturated rings. The Labute approximate surface area is 229 Å². The number of nitrogens with zero attached hydrogens (tertiary/aromatic N) is 5. The van der Waals surface area contributed by atoms with E-state index >= 15 is 0 Å². The van der Waals surface area contributed by atoms with Crippen molar-refractivity contribution >= 4 is 22.3 Å². The van der Waals surface area contributed by atoms with E-state index in [1.165, 1.54) is 24.8 Å². The van der Waals surface area contributed by atoms with Gasteiger partial charge in [-0.2, -0.15) is 10.2 Å². The number of nitrogens with one attached hydrogen (secondary N) is 1. The molecule has 0 saturated carbocycles. The van der Waals surface area contributed by atoms with Crippen LogP contribution in [0.5, 0.6) is 11.6 Å². The van der Waals surface area contributed by atoms with Crippen LogP contribution in [0.3, 0.4) is 0 Å². The van der Waals surface area contributed by atoms with E-state index in [-0.39, 0.29) is 5.75 Å². The van der Waals surface area contributed by atoms with E-state index < -0.39 is 0 Å². The molecular formula is C31H36N6O2. The van der Waals surface area contributed by atoms with Gasteiger partial charge >= 0.3 is 0 Å². The Balaban J connectivity index is 1.31. The highest BCUT2D eigenvalue weighted by molar-refractivity contribution is 5.95. The van der Waals surface area contributed by atoms with Gasteiger partial charge in [-0.1, -0.05) is 24.3 Å². The van der Waals surface area contributed by atoms with Gasteiger partial charge < -0.3 is 29.9 Å². The number of aromatic hydroxyl groups is 1. The maximum Gasteiger partial charge on any atom is 0.234 e. The summed E-state index contributed by atoms with van der Waals surface area (Å²) in [5, 5.41) is 26.7. The number of aromatic nitrogens is 1. The summed E-state index contributed by atoms with van der Waals surface area (Å²) in [6.07, 6.45) is 5.41. The number of anilines is 2. The average molecular weight is 525 g/mol. The van der Waals surface area contributed by atoms with Gasteiger partial charge in [-0.15, -0.1) is 0 Å². The van der Waals surface area contributed by atoms with Gasteiger partial charge in [-0.3, -0.25) is 0 Å². The highest BCUT2D eigenvalue weighted by Crippen LogP contribution is 2.42. The number of benzene rings is 2. The maximum atomic E-state index is 10.5. The van der Waals surface area contributed by atoms with E-state index in [0.717, 1.165) is 66.9 Å². The van der Waals surface area contributed by atoms with Crippen molar-refractivity contribution in [3.8, 4) is 17.7 Å². The van der Waals surface area contributed by atoms with Gasteiger partial charge in [0.2, 0.25) is 5.88 Å². The van der Waals surface area contributed by atoms with Crippen molar-refractivity contribution < 1.29 is 9.84 Å². The third-order valence-corrected chi connectivity index (χ3v) is 9.32. The van der Waals surface area contributed by atoms with E-state index in [9.17, 15) is 10.4 Å². The quantitative estimate of drug-likeness (QED) is 0.521. The van der Waals surface area contributed by atoms with Gasteiger partial charge in [0, 0.05) is 72.6 Å². The Morgan fingerprint density at radius 1 is 1.10 bits per heavy atom. The lowest BCUT2D eigenvalue weighted by Gasteiger charge is -2.40. The minimum absolute atomic E-state index is 0.257. The van der Waals surface area contributed by atoms with Crippen LogP contribution < -0.4 is 19.9 Å². The molecular weight excluding hydrogens is 488 g/mol. The molecule has 3 atom stereocenters. The van der Waals surface area contributed by atoms with Crippen molar-refractivity contribution in [2.75, 3.05) is 49.6 Å². The molecule has 2 unspecified atom stereocenters. The standard InChI is InChI=1S/C31H36N6O2/c1-35-11-4-6-23(35)19-39-31-27(15-32)28-18-36(29-14-24(38)13-20-5-2-3-7-25(20)29)12-10-26(28)30(34-31)37-21-8-9-22(37)17-33-16-21/h2-3,5,7,13-14,21-23,33,38H,4,6,8-12,16-19H2,1H3/t21?,22?,23-/m0/s1. The van der Waals surface area contributed by atoms with Gasteiger partial charge in [0.1, 0.15) is 29.8 Å². The second-order valence-electron chi connectivity index (χ2n) is 11.6. The number of ether oxygens (including phenoxy) is 1. The summed E-state index contributed by atoms with van der Waals surface area (Å²) < 4.78 is 6.43.